The molecule has 7 heteroatoms. The number of rotatable bonds is 6. The average molecular weight is 394 g/mol. The second-order valence-corrected chi connectivity index (χ2v) is 7.98. The van der Waals surface area contributed by atoms with Gasteiger partial charge in [0, 0.05) is 38.7 Å². The molecule has 0 bridgehead atoms. The number of nitrogens with zero attached hydrogens (tertiary/aromatic N) is 4. The van der Waals surface area contributed by atoms with Crippen molar-refractivity contribution >= 4 is 17.4 Å². The molecule has 2 fully saturated rings. The van der Waals surface area contributed by atoms with E-state index in [2.05, 4.69) is 21.8 Å². The van der Waals surface area contributed by atoms with Crippen molar-refractivity contribution in [1.82, 2.24) is 14.9 Å². The average Bonchev–Trinajstić information content (AvgIpc) is 3.49. The lowest BCUT2D eigenvalue weighted by Crippen LogP contribution is -2.49. The first-order valence-electron chi connectivity index (χ1n) is 10.2. The van der Waals surface area contributed by atoms with Gasteiger partial charge in [-0.1, -0.05) is 13.0 Å². The van der Waals surface area contributed by atoms with Crippen molar-refractivity contribution in [2.24, 2.45) is 0 Å². The second-order valence-electron chi connectivity index (χ2n) is 7.98. The van der Waals surface area contributed by atoms with Crippen molar-refractivity contribution in [3.63, 3.8) is 0 Å². The Morgan fingerprint density at radius 1 is 1.17 bits per heavy atom. The van der Waals surface area contributed by atoms with E-state index < -0.39 is 0 Å². The Bertz CT molecular complexity index is 917. The lowest BCUT2D eigenvalue weighted by Gasteiger charge is -2.35. The molecule has 4 rings (SSSR count). The minimum absolute atomic E-state index is 0.0310. The highest BCUT2D eigenvalue weighted by molar-refractivity contribution is 6.08. The number of carbonyl (C=O) groups is 1. The molecule has 2 aromatic rings. The highest BCUT2D eigenvalue weighted by atomic mass is 16.5. The Morgan fingerprint density at radius 3 is 2.62 bits per heavy atom. The van der Waals surface area contributed by atoms with Gasteiger partial charge in [-0.05, 0) is 38.0 Å². The number of hydrogen-bond acceptors (Lipinski definition) is 5. The van der Waals surface area contributed by atoms with Crippen LogP contribution in [0, 0.1) is 0 Å². The van der Waals surface area contributed by atoms with Gasteiger partial charge in [-0.25, -0.2) is 9.97 Å². The number of nitrogens with two attached hydrogens (primary N) is 1. The van der Waals surface area contributed by atoms with Gasteiger partial charge in [0.1, 0.15) is 29.2 Å². The summed E-state index contributed by atoms with van der Waals surface area (Å²) in [6.45, 7) is 6.95. The summed E-state index contributed by atoms with van der Waals surface area (Å²) in [4.78, 5) is 24.8. The largest absolute Gasteiger partial charge is 0.488 e. The lowest BCUT2D eigenvalue weighted by molar-refractivity contribution is -0.131. The molecule has 1 aromatic heterocycles. The smallest absolute Gasteiger partial charge is 0.230 e. The number of amides is 1. The third kappa shape index (κ3) is 4.39. The zero-order valence-electron chi connectivity index (χ0n) is 17.1. The van der Waals surface area contributed by atoms with Gasteiger partial charge < -0.3 is 14.5 Å². The first kappa shape index (κ1) is 19.4. The second kappa shape index (κ2) is 7.81. The van der Waals surface area contributed by atoms with Gasteiger partial charge in [-0.2, -0.15) is 0 Å². The monoisotopic (exact) mass is 394 g/mol. The number of carbonyl (C=O) groups excluding carboxylic acids is 1. The minimum atomic E-state index is -0.0310. The van der Waals surface area contributed by atoms with Crippen molar-refractivity contribution in [2.75, 3.05) is 31.1 Å². The van der Waals surface area contributed by atoms with Gasteiger partial charge in [-0.3, -0.25) is 10.2 Å². The van der Waals surface area contributed by atoms with E-state index in [1.165, 1.54) is 0 Å². The molecule has 1 saturated carbocycles. The summed E-state index contributed by atoms with van der Waals surface area (Å²) in [5, 5.41) is 6.44. The van der Waals surface area contributed by atoms with E-state index in [1.54, 1.807) is 6.33 Å². The summed E-state index contributed by atoms with van der Waals surface area (Å²) in [6, 6.07) is 9.77. The topological polar surface area (TPSA) is 84.2 Å². The fourth-order valence-corrected chi connectivity index (χ4v) is 3.51. The van der Waals surface area contributed by atoms with Gasteiger partial charge in [0.25, 0.3) is 0 Å². The maximum Gasteiger partial charge on any atom is 0.230 e. The maximum absolute atomic E-state index is 11.9. The first-order chi connectivity index (χ1) is 14.0. The van der Waals surface area contributed by atoms with Gasteiger partial charge in [-0.15, -0.1) is 0 Å². The van der Waals surface area contributed by atoms with Crippen molar-refractivity contribution in [1.29, 1.82) is 0 Å². The molecule has 2 heterocycles. The Hall–Kier alpha value is -2.96. The quantitative estimate of drug-likeness (QED) is 0.741. The summed E-state index contributed by atoms with van der Waals surface area (Å²) < 4.78 is 6.05. The van der Waals surface area contributed by atoms with Crippen LogP contribution in [-0.2, 0) is 4.79 Å². The summed E-state index contributed by atoms with van der Waals surface area (Å²) in [6.07, 6.45) is 4.27. The van der Waals surface area contributed by atoms with Crippen LogP contribution < -0.4 is 15.0 Å². The molecule has 1 aliphatic heterocycles. The van der Waals surface area contributed by atoms with E-state index in [0.717, 1.165) is 43.1 Å². The van der Waals surface area contributed by atoms with E-state index in [1.807, 2.05) is 42.2 Å². The molecule has 0 radical (unpaired) electrons. The molecule has 2 aliphatic rings. The van der Waals surface area contributed by atoms with Gasteiger partial charge in [0.15, 0.2) is 0 Å². The van der Waals surface area contributed by atoms with Crippen LogP contribution in [0.1, 0.15) is 44.4 Å². The molecule has 7 nitrogen and oxygen atoms in total. The molecule has 0 unspecified atom stereocenters. The molecule has 1 aromatic carbocycles. The van der Waals surface area contributed by atoms with Crippen LogP contribution in [0.25, 0.3) is 0 Å². The molecule has 0 atom stereocenters. The minimum Gasteiger partial charge on any atom is -0.488 e. The molecular formula is C22H28N5O2+. The Labute approximate surface area is 171 Å². The Morgan fingerprint density at radius 2 is 1.93 bits per heavy atom. The number of piperazine rings is 1. The fraction of sp³-hybridized carbons (Fsp3) is 0.455. The first-order valence-corrected chi connectivity index (χ1v) is 10.2. The highest BCUT2D eigenvalue weighted by Crippen LogP contribution is 2.39. The number of aromatic nitrogens is 2. The van der Waals surface area contributed by atoms with Crippen molar-refractivity contribution in [3.05, 3.63) is 47.9 Å². The Balaban J connectivity index is 1.47. The van der Waals surface area contributed by atoms with E-state index >= 15 is 0 Å². The molecule has 1 amide bonds. The van der Waals surface area contributed by atoms with Gasteiger partial charge in [0.2, 0.25) is 11.6 Å². The van der Waals surface area contributed by atoms with Crippen molar-refractivity contribution in [2.45, 2.75) is 38.7 Å². The number of anilines is 1. The third-order valence-corrected chi connectivity index (χ3v) is 5.65. The molecule has 29 heavy (non-hydrogen) atoms. The van der Waals surface area contributed by atoms with Crippen LogP contribution in [-0.4, -0.2) is 58.3 Å². The van der Waals surface area contributed by atoms with Crippen LogP contribution in [0.3, 0.4) is 0 Å². The van der Waals surface area contributed by atoms with Gasteiger partial charge >= 0.3 is 0 Å². The van der Waals surface area contributed by atoms with Crippen LogP contribution >= 0.6 is 0 Å². The van der Waals surface area contributed by atoms with E-state index in [4.69, 9.17) is 10.1 Å². The molecule has 1 aliphatic carbocycles. The summed E-state index contributed by atoms with van der Waals surface area (Å²) in [5.41, 5.74) is 2.14. The number of hydrogen-bond donors (Lipinski definition) is 1. The predicted molar refractivity (Wildman–Crippen MR) is 111 cm³/mol. The standard InChI is InChI=1S/C22H27N5O2/c1-3-20(28)27-11-9-26(10-12-27)19-14-18(24-15-25-19)21(23)16-5-4-6-17(13-16)29-22(2)7-8-22/h4-6,13-15,23H,3,7-12H2,1-2H3/p+1. The molecular weight excluding hydrogens is 366 g/mol. The fourth-order valence-electron chi connectivity index (χ4n) is 3.51. The van der Waals surface area contributed by atoms with E-state index in [9.17, 15) is 4.79 Å². The molecule has 1 saturated heterocycles. The number of benzene rings is 1. The summed E-state index contributed by atoms with van der Waals surface area (Å²) in [5.74, 6) is 1.86. The SMILES string of the molecule is CCC(=O)N1CCN(c2cc(C(=[NH2+])c3cccc(OC4(C)CC4)c3)ncn2)CC1. The van der Waals surface area contributed by atoms with E-state index in [0.29, 0.717) is 30.9 Å². The normalized spacial score (nSPS) is 17.7. The van der Waals surface area contributed by atoms with Crippen LogP contribution in [0.5, 0.6) is 5.75 Å². The summed E-state index contributed by atoms with van der Waals surface area (Å²) >= 11 is 0. The van der Waals surface area contributed by atoms with E-state index in [-0.39, 0.29) is 11.5 Å². The third-order valence-electron chi connectivity index (χ3n) is 5.65. The zero-order valence-corrected chi connectivity index (χ0v) is 17.1. The summed E-state index contributed by atoms with van der Waals surface area (Å²) in [7, 11) is 0. The zero-order chi connectivity index (χ0) is 20.4. The maximum atomic E-state index is 11.9. The van der Waals surface area contributed by atoms with Crippen LogP contribution in [0.2, 0.25) is 0 Å². The molecule has 0 spiro atoms. The van der Waals surface area contributed by atoms with Crippen molar-refractivity contribution < 1.29 is 14.9 Å². The Kier molecular flexibility index (Phi) is 5.22. The molecule has 152 valence electrons. The lowest BCUT2D eigenvalue weighted by atomic mass is 10.1. The van der Waals surface area contributed by atoms with Crippen LogP contribution in [0.15, 0.2) is 36.7 Å². The predicted octanol–water partition coefficient (Wildman–Crippen LogP) is 1.06. The van der Waals surface area contributed by atoms with Crippen molar-refractivity contribution in [3.8, 4) is 5.75 Å². The highest BCUT2D eigenvalue weighted by Gasteiger charge is 2.40. The van der Waals surface area contributed by atoms with Gasteiger partial charge in [0.05, 0.1) is 5.56 Å². The number of ether oxygens (including phenoxy) is 1. The van der Waals surface area contributed by atoms with Crippen LogP contribution in [0.4, 0.5) is 5.82 Å². The molecule has 2 N–H and O–H groups in total.